The number of nitrogens with one attached hydrogen (secondary N) is 5. The lowest BCUT2D eigenvalue weighted by molar-refractivity contribution is -0.133. The molecule has 0 aromatic heterocycles. The smallest absolute Gasteiger partial charge is 0.244 e. The van der Waals surface area contributed by atoms with Gasteiger partial charge in [0.2, 0.25) is 29.5 Å². The van der Waals surface area contributed by atoms with Gasteiger partial charge in [-0.3, -0.25) is 24.0 Å². The number of hydrogen-bond donors (Lipinski definition) is 7. The monoisotopic (exact) mass is 564 g/mol. The molecule has 5 atom stereocenters. The van der Waals surface area contributed by atoms with Crippen LogP contribution in [0.1, 0.15) is 45.6 Å². The molecule has 0 fully saturated rings. The van der Waals surface area contributed by atoms with Gasteiger partial charge in [0, 0.05) is 19.2 Å². The number of carbonyl (C=O) groups is 6. The summed E-state index contributed by atoms with van der Waals surface area (Å²) in [6, 6.07) is 5.17. The van der Waals surface area contributed by atoms with Gasteiger partial charge in [-0.05, 0) is 45.1 Å². The van der Waals surface area contributed by atoms with E-state index in [1.54, 1.807) is 0 Å². The van der Waals surface area contributed by atoms with Gasteiger partial charge < -0.3 is 37.1 Å². The molecule has 39 heavy (non-hydrogen) atoms. The van der Waals surface area contributed by atoms with Gasteiger partial charge >= 0.3 is 0 Å². The van der Waals surface area contributed by atoms with Crippen molar-refractivity contribution in [2.24, 2.45) is 5.73 Å². The highest BCUT2D eigenvalue weighted by Crippen LogP contribution is 2.03. The first-order chi connectivity index (χ1) is 18.5. The minimum absolute atomic E-state index is 0.0415. The molecule has 0 aliphatic carbocycles. The van der Waals surface area contributed by atoms with Gasteiger partial charge in [-0.15, -0.1) is 0 Å². The molecule has 0 radical (unpaired) electrons. The topological polar surface area (TPSA) is 189 Å². The van der Waals surface area contributed by atoms with Crippen LogP contribution in [0.15, 0.2) is 30.3 Å². The molecule has 1 aromatic carbocycles. The lowest BCUT2D eigenvalue weighted by Gasteiger charge is -2.22. The van der Waals surface area contributed by atoms with Crippen molar-refractivity contribution < 1.29 is 28.8 Å². The Labute approximate surface area is 234 Å². The Morgan fingerprint density at radius 3 is 2.03 bits per heavy atom. The lowest BCUT2D eigenvalue weighted by atomic mass is 10.1. The second-order valence-corrected chi connectivity index (χ2v) is 9.60. The van der Waals surface area contributed by atoms with E-state index in [2.05, 4.69) is 39.2 Å². The second kappa shape index (κ2) is 17.9. The van der Waals surface area contributed by atoms with E-state index in [4.69, 9.17) is 5.73 Å². The van der Waals surface area contributed by atoms with Gasteiger partial charge in [0.1, 0.15) is 24.4 Å². The fourth-order valence-electron chi connectivity index (χ4n) is 3.50. The van der Waals surface area contributed by atoms with Crippen molar-refractivity contribution in [1.29, 1.82) is 0 Å². The first-order valence-corrected chi connectivity index (χ1v) is 13.4. The molecule has 1 rings (SSSR count). The number of carbonyl (C=O) groups excluding carboxylic acids is 6. The molecule has 216 valence electrons. The van der Waals surface area contributed by atoms with Crippen molar-refractivity contribution in [3.8, 4) is 0 Å². The fraction of sp³-hybridized carbons (Fsp3) is 0.538. The molecule has 0 saturated heterocycles. The van der Waals surface area contributed by atoms with Crippen molar-refractivity contribution in [3.63, 3.8) is 0 Å². The van der Waals surface area contributed by atoms with Crippen molar-refractivity contribution in [2.45, 2.75) is 76.7 Å². The highest BCUT2D eigenvalue weighted by Gasteiger charge is 2.25. The number of benzene rings is 1. The van der Waals surface area contributed by atoms with Crippen LogP contribution in [0.4, 0.5) is 0 Å². The highest BCUT2D eigenvalue weighted by molar-refractivity contribution is 7.80. The average molecular weight is 565 g/mol. The lowest BCUT2D eigenvalue weighted by Crippen LogP contribution is -2.56. The molecule has 5 amide bonds. The molecule has 0 aliphatic rings. The molecule has 12 nitrogen and oxygen atoms in total. The summed E-state index contributed by atoms with van der Waals surface area (Å²) in [6.45, 7) is 4.52. The number of aldehydes is 1. The van der Waals surface area contributed by atoms with Crippen LogP contribution < -0.4 is 32.3 Å². The quantitative estimate of drug-likeness (QED) is 0.0715. The van der Waals surface area contributed by atoms with Crippen LogP contribution in [0.2, 0.25) is 0 Å². The SMILES string of the molecule is CC(=O)NC(CS)C(=O)NC(C)C(=O)NC(C)C(=O)NC(C=O)CCCCNC(=O)C(N)Cc1ccccc1. The molecule has 0 heterocycles. The molecule has 0 spiro atoms. The first-order valence-electron chi connectivity index (χ1n) is 12.8. The van der Waals surface area contributed by atoms with Crippen LogP contribution >= 0.6 is 12.6 Å². The summed E-state index contributed by atoms with van der Waals surface area (Å²) in [5, 5.41) is 12.7. The standard InChI is InChI=1S/C26H40N6O6S/c1-16(30-26(38)22(15-39)31-18(3)34)23(35)29-17(2)24(36)32-20(14-33)11-7-8-12-28-25(37)21(27)13-19-9-5-4-6-10-19/h4-6,9-10,14,16-17,20-22,39H,7-8,11-13,15,27H2,1-3H3,(H,28,37)(H,29,35)(H,30,38)(H,31,34)(H,32,36). The highest BCUT2D eigenvalue weighted by atomic mass is 32.1. The van der Waals surface area contributed by atoms with E-state index < -0.39 is 53.8 Å². The Morgan fingerprint density at radius 2 is 1.46 bits per heavy atom. The van der Waals surface area contributed by atoms with E-state index in [0.717, 1.165) is 5.56 Å². The Morgan fingerprint density at radius 1 is 0.872 bits per heavy atom. The molecule has 0 aliphatic heterocycles. The van der Waals surface area contributed by atoms with Crippen LogP contribution in [0.3, 0.4) is 0 Å². The summed E-state index contributed by atoms with van der Waals surface area (Å²) >= 11 is 4.02. The maximum atomic E-state index is 12.5. The molecule has 7 N–H and O–H groups in total. The Bertz CT molecular complexity index is 979. The fourth-order valence-corrected chi connectivity index (χ4v) is 3.75. The first kappa shape index (κ1) is 33.6. The number of amides is 5. The molecule has 5 unspecified atom stereocenters. The zero-order valence-electron chi connectivity index (χ0n) is 22.6. The number of hydrogen-bond acceptors (Lipinski definition) is 8. The molecular formula is C26H40N6O6S. The van der Waals surface area contributed by atoms with E-state index >= 15 is 0 Å². The number of thiol groups is 1. The average Bonchev–Trinajstić information content (AvgIpc) is 2.90. The van der Waals surface area contributed by atoms with E-state index in [1.807, 2.05) is 30.3 Å². The second-order valence-electron chi connectivity index (χ2n) is 9.23. The third-order valence-corrected chi connectivity index (χ3v) is 6.11. The number of unbranched alkanes of at least 4 members (excludes halogenated alkanes) is 1. The predicted molar refractivity (Wildman–Crippen MR) is 150 cm³/mol. The van der Waals surface area contributed by atoms with E-state index in [9.17, 15) is 28.8 Å². The van der Waals surface area contributed by atoms with Gasteiger partial charge in [0.25, 0.3) is 0 Å². The molecule has 0 saturated carbocycles. The van der Waals surface area contributed by atoms with Gasteiger partial charge in [-0.2, -0.15) is 12.6 Å². The third-order valence-electron chi connectivity index (χ3n) is 5.75. The molecule has 1 aromatic rings. The van der Waals surface area contributed by atoms with Gasteiger partial charge in [-0.25, -0.2) is 0 Å². The largest absolute Gasteiger partial charge is 0.355 e. The van der Waals surface area contributed by atoms with Crippen molar-refractivity contribution in [1.82, 2.24) is 26.6 Å². The summed E-state index contributed by atoms with van der Waals surface area (Å²) < 4.78 is 0. The normalized spacial score (nSPS) is 14.5. The molecular weight excluding hydrogens is 524 g/mol. The van der Waals surface area contributed by atoms with Gasteiger partial charge in [0.05, 0.1) is 12.1 Å². The van der Waals surface area contributed by atoms with Crippen LogP contribution in [0, 0.1) is 0 Å². The summed E-state index contributed by atoms with van der Waals surface area (Å²) in [6.07, 6.45) is 2.53. The predicted octanol–water partition coefficient (Wildman–Crippen LogP) is -1.03. The Hall–Kier alpha value is -3.45. The zero-order chi connectivity index (χ0) is 29.4. The van der Waals surface area contributed by atoms with Crippen LogP contribution in [0.25, 0.3) is 0 Å². The van der Waals surface area contributed by atoms with Gasteiger partial charge in [-0.1, -0.05) is 30.3 Å². The third kappa shape index (κ3) is 13.3. The molecule has 0 bridgehead atoms. The van der Waals surface area contributed by atoms with Crippen LogP contribution in [0.5, 0.6) is 0 Å². The van der Waals surface area contributed by atoms with E-state index in [1.165, 1.54) is 20.8 Å². The number of rotatable bonds is 17. The number of nitrogens with two attached hydrogens (primary N) is 1. The van der Waals surface area contributed by atoms with Crippen molar-refractivity contribution in [2.75, 3.05) is 12.3 Å². The summed E-state index contributed by atoms with van der Waals surface area (Å²) in [5.74, 6) is -2.40. The maximum Gasteiger partial charge on any atom is 0.244 e. The van der Waals surface area contributed by atoms with E-state index in [0.29, 0.717) is 38.5 Å². The van der Waals surface area contributed by atoms with Gasteiger partial charge in [0.15, 0.2) is 0 Å². The van der Waals surface area contributed by atoms with Crippen LogP contribution in [-0.2, 0) is 35.2 Å². The Kier molecular flexibility index (Phi) is 15.5. The minimum atomic E-state index is -0.984. The van der Waals surface area contributed by atoms with Crippen LogP contribution in [-0.4, -0.2) is 78.3 Å². The molecule has 13 heteroatoms. The Balaban J connectivity index is 2.36. The summed E-state index contributed by atoms with van der Waals surface area (Å²) in [5.41, 5.74) is 6.93. The summed E-state index contributed by atoms with van der Waals surface area (Å²) in [7, 11) is 0. The van der Waals surface area contributed by atoms with Crippen molar-refractivity contribution in [3.05, 3.63) is 35.9 Å². The van der Waals surface area contributed by atoms with Crippen molar-refractivity contribution >= 4 is 48.5 Å². The zero-order valence-corrected chi connectivity index (χ0v) is 23.5. The summed E-state index contributed by atoms with van der Waals surface area (Å²) in [4.78, 5) is 71.9. The minimum Gasteiger partial charge on any atom is -0.355 e. The maximum absolute atomic E-state index is 12.5. The van der Waals surface area contributed by atoms with E-state index in [-0.39, 0.29) is 11.7 Å².